The van der Waals surface area contributed by atoms with E-state index in [0.29, 0.717) is 0 Å². The Balaban J connectivity index is 1.89. The van der Waals surface area contributed by atoms with E-state index in [9.17, 15) is 0 Å². The topological polar surface area (TPSA) is 15.3 Å². The summed E-state index contributed by atoms with van der Waals surface area (Å²) in [6.45, 7) is 7.28. The second-order valence-electron chi connectivity index (χ2n) is 6.24. The van der Waals surface area contributed by atoms with Gasteiger partial charge in [0.15, 0.2) is 0 Å². The maximum absolute atomic E-state index is 3.54. The molecule has 0 radical (unpaired) electrons. The predicted octanol–water partition coefficient (Wildman–Crippen LogP) is 2.49. The summed E-state index contributed by atoms with van der Waals surface area (Å²) < 4.78 is 0. The summed E-state index contributed by atoms with van der Waals surface area (Å²) in [6, 6.07) is 1.62. The van der Waals surface area contributed by atoms with Crippen LogP contribution in [0.4, 0.5) is 0 Å². The molecule has 1 heterocycles. The van der Waals surface area contributed by atoms with Gasteiger partial charge in [-0.05, 0) is 57.5 Å². The molecule has 0 amide bonds. The molecule has 16 heavy (non-hydrogen) atoms. The molecule has 0 aromatic carbocycles. The molecule has 0 spiro atoms. The first kappa shape index (κ1) is 12.4. The van der Waals surface area contributed by atoms with Crippen LogP contribution in [0.3, 0.4) is 0 Å². The Hall–Kier alpha value is -0.0800. The predicted molar refractivity (Wildman–Crippen MR) is 69.6 cm³/mol. The van der Waals surface area contributed by atoms with Crippen LogP contribution in [0.2, 0.25) is 0 Å². The molecule has 0 aromatic rings. The molecule has 2 rings (SSSR count). The molecule has 1 aliphatic heterocycles. The van der Waals surface area contributed by atoms with E-state index in [4.69, 9.17) is 0 Å². The van der Waals surface area contributed by atoms with Gasteiger partial charge < -0.3 is 5.32 Å². The molecule has 94 valence electrons. The van der Waals surface area contributed by atoms with Crippen LogP contribution in [0.15, 0.2) is 0 Å². The number of likely N-dealkylation sites (N-methyl/N-ethyl adjacent to an activating group) is 1. The van der Waals surface area contributed by atoms with E-state index >= 15 is 0 Å². The molecule has 1 aliphatic carbocycles. The zero-order valence-corrected chi connectivity index (χ0v) is 11.2. The highest BCUT2D eigenvalue weighted by Gasteiger charge is 2.30. The lowest BCUT2D eigenvalue weighted by atomic mass is 9.79. The van der Waals surface area contributed by atoms with Crippen molar-refractivity contribution >= 4 is 0 Å². The Morgan fingerprint density at radius 1 is 1.00 bits per heavy atom. The van der Waals surface area contributed by atoms with Gasteiger partial charge in [-0.15, -0.1) is 0 Å². The van der Waals surface area contributed by atoms with Gasteiger partial charge in [0.05, 0.1) is 0 Å². The average Bonchev–Trinajstić information content (AvgIpc) is 2.28. The Kier molecular flexibility index (Phi) is 4.26. The lowest BCUT2D eigenvalue weighted by Gasteiger charge is -2.42. The number of hydrogen-bond donors (Lipinski definition) is 1. The van der Waals surface area contributed by atoms with Gasteiger partial charge in [0.25, 0.3) is 0 Å². The van der Waals surface area contributed by atoms with E-state index in [0.717, 1.165) is 23.9 Å². The van der Waals surface area contributed by atoms with Gasteiger partial charge in [0, 0.05) is 18.6 Å². The lowest BCUT2D eigenvalue weighted by molar-refractivity contribution is 0.0837. The number of piperidine rings is 1. The minimum Gasteiger partial charge on any atom is -0.315 e. The molecule has 2 fully saturated rings. The van der Waals surface area contributed by atoms with Gasteiger partial charge in [-0.25, -0.2) is 0 Å². The van der Waals surface area contributed by atoms with Crippen LogP contribution in [-0.2, 0) is 0 Å². The summed E-state index contributed by atoms with van der Waals surface area (Å²) in [5, 5.41) is 3.54. The fraction of sp³-hybridized carbons (Fsp3) is 1.00. The van der Waals surface area contributed by atoms with Crippen molar-refractivity contribution in [3.05, 3.63) is 0 Å². The zero-order chi connectivity index (χ0) is 11.5. The molecule has 0 bridgehead atoms. The van der Waals surface area contributed by atoms with E-state index in [1.807, 2.05) is 0 Å². The molecule has 1 saturated carbocycles. The minimum atomic E-state index is 0.788. The van der Waals surface area contributed by atoms with E-state index in [2.05, 4.69) is 31.1 Å². The van der Waals surface area contributed by atoms with Crippen molar-refractivity contribution < 1.29 is 0 Å². The average molecular weight is 224 g/mol. The van der Waals surface area contributed by atoms with Crippen molar-refractivity contribution in [2.24, 2.45) is 11.8 Å². The van der Waals surface area contributed by atoms with Crippen LogP contribution in [0.5, 0.6) is 0 Å². The standard InChI is InChI=1S/C14H28N2/c1-11-7-12(2)9-14(8-11)16(3)13-5-4-6-15-10-13/h11-15H,4-10H2,1-3H3. The van der Waals surface area contributed by atoms with Crippen molar-refractivity contribution in [2.45, 2.75) is 58.0 Å². The van der Waals surface area contributed by atoms with Crippen LogP contribution in [0.25, 0.3) is 0 Å². The van der Waals surface area contributed by atoms with Crippen molar-refractivity contribution in [3.8, 4) is 0 Å². The van der Waals surface area contributed by atoms with E-state index in [1.54, 1.807) is 0 Å². The second-order valence-corrected chi connectivity index (χ2v) is 6.24. The highest BCUT2D eigenvalue weighted by Crippen LogP contribution is 2.32. The molecule has 2 aliphatic rings. The number of nitrogens with zero attached hydrogens (tertiary/aromatic N) is 1. The van der Waals surface area contributed by atoms with E-state index < -0.39 is 0 Å². The first-order chi connectivity index (χ1) is 7.66. The van der Waals surface area contributed by atoms with E-state index in [-0.39, 0.29) is 0 Å². The third kappa shape index (κ3) is 2.98. The van der Waals surface area contributed by atoms with Crippen LogP contribution in [-0.4, -0.2) is 37.1 Å². The van der Waals surface area contributed by atoms with Crippen molar-refractivity contribution in [2.75, 3.05) is 20.1 Å². The quantitative estimate of drug-likeness (QED) is 0.775. The normalized spacial score (nSPS) is 41.2. The Bertz CT molecular complexity index is 201. The molecule has 3 atom stereocenters. The molecular formula is C14H28N2. The summed E-state index contributed by atoms with van der Waals surface area (Å²) in [4.78, 5) is 2.68. The van der Waals surface area contributed by atoms with Gasteiger partial charge in [0.1, 0.15) is 0 Å². The van der Waals surface area contributed by atoms with E-state index in [1.165, 1.54) is 45.2 Å². The van der Waals surface area contributed by atoms with Crippen molar-refractivity contribution in [1.82, 2.24) is 10.2 Å². The zero-order valence-electron chi connectivity index (χ0n) is 11.2. The molecule has 1 saturated heterocycles. The van der Waals surface area contributed by atoms with Gasteiger partial charge in [0.2, 0.25) is 0 Å². The second kappa shape index (κ2) is 5.50. The number of nitrogens with one attached hydrogen (secondary N) is 1. The largest absolute Gasteiger partial charge is 0.315 e. The lowest BCUT2D eigenvalue weighted by Crippen LogP contribution is -2.50. The maximum Gasteiger partial charge on any atom is 0.0221 e. The Morgan fingerprint density at radius 3 is 2.25 bits per heavy atom. The number of rotatable bonds is 2. The van der Waals surface area contributed by atoms with Crippen LogP contribution < -0.4 is 5.32 Å². The molecule has 3 unspecified atom stereocenters. The van der Waals surface area contributed by atoms with Crippen LogP contribution in [0, 0.1) is 11.8 Å². The fourth-order valence-electron chi connectivity index (χ4n) is 3.72. The van der Waals surface area contributed by atoms with Crippen molar-refractivity contribution in [1.29, 1.82) is 0 Å². The summed E-state index contributed by atoms with van der Waals surface area (Å²) in [5.74, 6) is 1.85. The molecule has 2 nitrogen and oxygen atoms in total. The van der Waals surface area contributed by atoms with Gasteiger partial charge in [-0.1, -0.05) is 13.8 Å². The molecule has 2 heteroatoms. The summed E-state index contributed by atoms with van der Waals surface area (Å²) in [7, 11) is 2.35. The maximum atomic E-state index is 3.54. The highest BCUT2D eigenvalue weighted by molar-refractivity contribution is 4.86. The fourth-order valence-corrected chi connectivity index (χ4v) is 3.72. The van der Waals surface area contributed by atoms with Crippen molar-refractivity contribution in [3.63, 3.8) is 0 Å². The Labute approximate surface area is 101 Å². The third-order valence-electron chi connectivity index (χ3n) is 4.58. The third-order valence-corrected chi connectivity index (χ3v) is 4.58. The molecular weight excluding hydrogens is 196 g/mol. The molecule has 0 aromatic heterocycles. The smallest absolute Gasteiger partial charge is 0.0221 e. The van der Waals surface area contributed by atoms with Crippen LogP contribution >= 0.6 is 0 Å². The first-order valence-corrected chi connectivity index (χ1v) is 7.09. The Morgan fingerprint density at radius 2 is 1.69 bits per heavy atom. The molecule has 1 N–H and O–H groups in total. The van der Waals surface area contributed by atoms with Gasteiger partial charge in [-0.3, -0.25) is 4.90 Å². The van der Waals surface area contributed by atoms with Gasteiger partial charge in [-0.2, -0.15) is 0 Å². The summed E-state index contributed by atoms with van der Waals surface area (Å²) in [5.41, 5.74) is 0. The SMILES string of the molecule is CC1CC(C)CC(N(C)C2CCCNC2)C1. The highest BCUT2D eigenvalue weighted by atomic mass is 15.2. The first-order valence-electron chi connectivity index (χ1n) is 7.09. The minimum absolute atomic E-state index is 0.788. The number of hydrogen-bond acceptors (Lipinski definition) is 2. The monoisotopic (exact) mass is 224 g/mol. The van der Waals surface area contributed by atoms with Gasteiger partial charge >= 0.3 is 0 Å². The summed E-state index contributed by atoms with van der Waals surface area (Å²) >= 11 is 0. The summed E-state index contributed by atoms with van der Waals surface area (Å²) in [6.07, 6.45) is 7.01. The van der Waals surface area contributed by atoms with Crippen LogP contribution in [0.1, 0.15) is 46.0 Å².